The zero-order valence-corrected chi connectivity index (χ0v) is 12.9. The lowest BCUT2D eigenvalue weighted by atomic mass is 9.95. The van der Waals surface area contributed by atoms with Gasteiger partial charge in [-0.2, -0.15) is 0 Å². The standard InChI is InChI=1S/C22H18O/c23-22(20-14-8-3-9-15-20)17-21(19-12-6-2-7-13-19)16-18-10-4-1-5-11-18/h1-16H,17H2/b21-16-. The van der Waals surface area contributed by atoms with Crippen LogP contribution in [0.2, 0.25) is 0 Å². The average Bonchev–Trinajstić information content (AvgIpc) is 2.63. The van der Waals surface area contributed by atoms with Crippen molar-refractivity contribution in [2.24, 2.45) is 0 Å². The van der Waals surface area contributed by atoms with E-state index in [0.717, 1.165) is 22.3 Å². The van der Waals surface area contributed by atoms with Gasteiger partial charge in [0.1, 0.15) is 0 Å². The quantitative estimate of drug-likeness (QED) is 0.449. The van der Waals surface area contributed by atoms with Crippen LogP contribution < -0.4 is 0 Å². The SMILES string of the molecule is O=C(C/C(=C/c1ccccc1)c1ccccc1)c1ccccc1. The van der Waals surface area contributed by atoms with E-state index < -0.39 is 0 Å². The van der Waals surface area contributed by atoms with Gasteiger partial charge >= 0.3 is 0 Å². The molecule has 0 saturated heterocycles. The number of carbonyl (C=O) groups is 1. The Morgan fingerprint density at radius 2 is 1.13 bits per heavy atom. The molecule has 23 heavy (non-hydrogen) atoms. The molecule has 0 N–H and O–H groups in total. The lowest BCUT2D eigenvalue weighted by molar-refractivity contribution is 0.0998. The highest BCUT2D eigenvalue weighted by Gasteiger charge is 2.10. The van der Waals surface area contributed by atoms with Crippen molar-refractivity contribution < 1.29 is 4.79 Å². The van der Waals surface area contributed by atoms with Gasteiger partial charge in [-0.15, -0.1) is 0 Å². The van der Waals surface area contributed by atoms with Crippen LogP contribution in [-0.2, 0) is 0 Å². The lowest BCUT2D eigenvalue weighted by Gasteiger charge is -2.08. The number of carbonyl (C=O) groups excluding carboxylic acids is 1. The van der Waals surface area contributed by atoms with Crippen LogP contribution in [-0.4, -0.2) is 5.78 Å². The van der Waals surface area contributed by atoms with Gasteiger partial charge in [-0.25, -0.2) is 0 Å². The van der Waals surface area contributed by atoms with Gasteiger partial charge in [0.25, 0.3) is 0 Å². The maximum Gasteiger partial charge on any atom is 0.167 e. The second kappa shape index (κ2) is 7.37. The molecule has 0 amide bonds. The summed E-state index contributed by atoms with van der Waals surface area (Å²) in [6, 6.07) is 29.7. The molecule has 112 valence electrons. The molecular weight excluding hydrogens is 280 g/mol. The van der Waals surface area contributed by atoms with Crippen molar-refractivity contribution in [2.45, 2.75) is 6.42 Å². The van der Waals surface area contributed by atoms with Crippen molar-refractivity contribution in [3.8, 4) is 0 Å². The fourth-order valence-corrected chi connectivity index (χ4v) is 2.54. The number of allylic oxidation sites excluding steroid dienone is 1. The molecule has 1 nitrogen and oxygen atoms in total. The maximum atomic E-state index is 12.6. The van der Waals surface area contributed by atoms with E-state index in [1.54, 1.807) is 0 Å². The molecule has 0 aliphatic carbocycles. The van der Waals surface area contributed by atoms with E-state index in [2.05, 4.69) is 18.2 Å². The molecular formula is C22H18O. The molecule has 0 atom stereocenters. The first-order valence-corrected chi connectivity index (χ1v) is 7.72. The van der Waals surface area contributed by atoms with Crippen molar-refractivity contribution >= 4 is 17.4 Å². The first-order chi connectivity index (χ1) is 11.3. The minimum Gasteiger partial charge on any atom is -0.294 e. The molecule has 3 aromatic carbocycles. The molecule has 0 radical (unpaired) electrons. The predicted octanol–water partition coefficient (Wildman–Crippen LogP) is 5.50. The number of hydrogen-bond acceptors (Lipinski definition) is 1. The van der Waals surface area contributed by atoms with E-state index in [1.807, 2.05) is 78.9 Å². The summed E-state index contributed by atoms with van der Waals surface area (Å²) in [6.07, 6.45) is 2.49. The number of hydrogen-bond donors (Lipinski definition) is 0. The highest BCUT2D eigenvalue weighted by molar-refractivity contribution is 6.04. The molecule has 1 heteroatoms. The first kappa shape index (κ1) is 15.0. The molecule has 0 aliphatic rings. The van der Waals surface area contributed by atoms with Gasteiger partial charge in [-0.3, -0.25) is 4.79 Å². The molecule has 0 aliphatic heterocycles. The number of ketones is 1. The molecule has 0 bridgehead atoms. The number of Topliss-reactive ketones (excluding diaryl/α,β-unsaturated/α-hetero) is 1. The second-order valence-electron chi connectivity index (χ2n) is 5.41. The fourth-order valence-electron chi connectivity index (χ4n) is 2.54. The third-order valence-electron chi connectivity index (χ3n) is 3.73. The van der Waals surface area contributed by atoms with Crippen LogP contribution in [0.5, 0.6) is 0 Å². The summed E-state index contributed by atoms with van der Waals surface area (Å²) in [5.74, 6) is 0.136. The predicted molar refractivity (Wildman–Crippen MR) is 96.1 cm³/mol. The van der Waals surface area contributed by atoms with Gasteiger partial charge in [0.15, 0.2) is 5.78 Å². The molecule has 3 aromatic rings. The minimum absolute atomic E-state index is 0.136. The summed E-state index contributed by atoms with van der Waals surface area (Å²) >= 11 is 0. The van der Waals surface area contributed by atoms with Crippen LogP contribution in [0.25, 0.3) is 11.6 Å². The summed E-state index contributed by atoms with van der Waals surface area (Å²) in [5, 5.41) is 0. The van der Waals surface area contributed by atoms with Crippen LogP contribution in [0.15, 0.2) is 91.0 Å². The maximum absolute atomic E-state index is 12.6. The lowest BCUT2D eigenvalue weighted by Crippen LogP contribution is -2.00. The molecule has 0 unspecified atom stereocenters. The van der Waals surface area contributed by atoms with Crippen LogP contribution in [0.1, 0.15) is 27.9 Å². The second-order valence-corrected chi connectivity index (χ2v) is 5.41. The Labute approximate surface area is 136 Å². The summed E-state index contributed by atoms with van der Waals surface area (Å²) < 4.78 is 0. The molecule has 0 spiro atoms. The van der Waals surface area contributed by atoms with Crippen LogP contribution in [0, 0.1) is 0 Å². The minimum atomic E-state index is 0.136. The smallest absolute Gasteiger partial charge is 0.167 e. The Kier molecular flexibility index (Phi) is 4.80. The van der Waals surface area contributed by atoms with E-state index in [9.17, 15) is 4.79 Å². The van der Waals surface area contributed by atoms with Gasteiger partial charge < -0.3 is 0 Å². The molecule has 0 fully saturated rings. The highest BCUT2D eigenvalue weighted by atomic mass is 16.1. The van der Waals surface area contributed by atoms with Gasteiger partial charge in [0.05, 0.1) is 0 Å². The Balaban J connectivity index is 1.93. The van der Waals surface area contributed by atoms with E-state index in [4.69, 9.17) is 0 Å². The third-order valence-corrected chi connectivity index (χ3v) is 3.73. The first-order valence-electron chi connectivity index (χ1n) is 7.72. The van der Waals surface area contributed by atoms with E-state index in [1.165, 1.54) is 0 Å². The Bertz CT molecular complexity index is 787. The Morgan fingerprint density at radius 3 is 1.70 bits per heavy atom. The van der Waals surface area contributed by atoms with E-state index in [0.29, 0.717) is 6.42 Å². The molecule has 3 rings (SSSR count). The Hall–Kier alpha value is -2.93. The monoisotopic (exact) mass is 298 g/mol. The Morgan fingerprint density at radius 1 is 0.652 bits per heavy atom. The van der Waals surface area contributed by atoms with Crippen molar-refractivity contribution in [2.75, 3.05) is 0 Å². The largest absolute Gasteiger partial charge is 0.294 e. The van der Waals surface area contributed by atoms with Crippen molar-refractivity contribution in [3.63, 3.8) is 0 Å². The van der Waals surface area contributed by atoms with Crippen LogP contribution in [0.3, 0.4) is 0 Å². The molecule has 0 saturated carbocycles. The van der Waals surface area contributed by atoms with Crippen molar-refractivity contribution in [3.05, 3.63) is 108 Å². The zero-order chi connectivity index (χ0) is 15.9. The van der Waals surface area contributed by atoms with Gasteiger partial charge in [-0.05, 0) is 16.7 Å². The summed E-state index contributed by atoms with van der Waals surface area (Å²) in [7, 11) is 0. The fraction of sp³-hybridized carbons (Fsp3) is 0.0455. The number of rotatable bonds is 5. The van der Waals surface area contributed by atoms with Crippen molar-refractivity contribution in [1.82, 2.24) is 0 Å². The average molecular weight is 298 g/mol. The molecule has 0 aromatic heterocycles. The van der Waals surface area contributed by atoms with Gasteiger partial charge in [0.2, 0.25) is 0 Å². The topological polar surface area (TPSA) is 17.1 Å². The summed E-state index contributed by atoms with van der Waals surface area (Å²) in [6.45, 7) is 0. The van der Waals surface area contributed by atoms with Gasteiger partial charge in [-0.1, -0.05) is 97.1 Å². The van der Waals surface area contributed by atoms with Crippen LogP contribution >= 0.6 is 0 Å². The number of benzene rings is 3. The zero-order valence-electron chi connectivity index (χ0n) is 12.9. The highest BCUT2D eigenvalue weighted by Crippen LogP contribution is 2.23. The van der Waals surface area contributed by atoms with Gasteiger partial charge in [0, 0.05) is 12.0 Å². The van der Waals surface area contributed by atoms with E-state index >= 15 is 0 Å². The normalized spacial score (nSPS) is 11.2. The summed E-state index contributed by atoms with van der Waals surface area (Å²) in [5.41, 5.74) is 3.97. The summed E-state index contributed by atoms with van der Waals surface area (Å²) in [4.78, 5) is 12.6. The van der Waals surface area contributed by atoms with Crippen molar-refractivity contribution in [1.29, 1.82) is 0 Å². The molecule has 0 heterocycles. The van der Waals surface area contributed by atoms with E-state index in [-0.39, 0.29) is 5.78 Å². The third kappa shape index (κ3) is 4.04. The van der Waals surface area contributed by atoms with Crippen LogP contribution in [0.4, 0.5) is 0 Å².